The van der Waals surface area contributed by atoms with Gasteiger partial charge in [-0.15, -0.1) is 0 Å². The number of amides is 1. The second-order valence-electron chi connectivity index (χ2n) is 6.45. The Morgan fingerprint density at radius 1 is 1.12 bits per heavy atom. The van der Waals surface area contributed by atoms with Crippen molar-refractivity contribution in [2.24, 2.45) is 0 Å². The molecular formula is C20H24BrNO2. The summed E-state index contributed by atoms with van der Waals surface area (Å²) in [5, 5.41) is 2.96. The molecule has 0 aliphatic carbocycles. The van der Waals surface area contributed by atoms with Gasteiger partial charge in [-0.2, -0.15) is 0 Å². The molecule has 24 heavy (non-hydrogen) atoms. The summed E-state index contributed by atoms with van der Waals surface area (Å²) >= 11 is 3.48. The van der Waals surface area contributed by atoms with Gasteiger partial charge in [0, 0.05) is 10.2 Å². The summed E-state index contributed by atoms with van der Waals surface area (Å²) in [5.74, 6) is 0.922. The van der Waals surface area contributed by atoms with Crippen LogP contribution in [0.5, 0.6) is 5.75 Å². The smallest absolute Gasteiger partial charge is 0.262 e. The minimum absolute atomic E-state index is 0.00584. The van der Waals surface area contributed by atoms with Crippen LogP contribution < -0.4 is 10.1 Å². The Kier molecular flexibility index (Phi) is 6.05. The third-order valence-corrected chi connectivity index (χ3v) is 4.39. The zero-order chi connectivity index (χ0) is 17.9. The molecular weight excluding hydrogens is 366 g/mol. The standard InChI is InChI=1S/C20H24BrNO2/c1-12(2)17-10-16(21)6-7-18(17)24-11-19(23)22-20-14(4)8-13(3)9-15(20)5/h6-10,12H,11H2,1-5H3,(H,22,23). The van der Waals surface area contributed by atoms with Crippen molar-refractivity contribution in [3.05, 3.63) is 57.1 Å². The van der Waals surface area contributed by atoms with Crippen LogP contribution in [0.15, 0.2) is 34.8 Å². The predicted molar refractivity (Wildman–Crippen MR) is 103 cm³/mol. The van der Waals surface area contributed by atoms with Gasteiger partial charge in [-0.05, 0) is 61.6 Å². The Morgan fingerprint density at radius 3 is 2.33 bits per heavy atom. The summed E-state index contributed by atoms with van der Waals surface area (Å²) in [6.07, 6.45) is 0. The molecule has 0 aromatic heterocycles. The lowest BCUT2D eigenvalue weighted by molar-refractivity contribution is -0.118. The number of benzene rings is 2. The number of carbonyl (C=O) groups excluding carboxylic acids is 1. The first kappa shape index (κ1) is 18.5. The van der Waals surface area contributed by atoms with Gasteiger partial charge in [0.05, 0.1) is 0 Å². The van der Waals surface area contributed by atoms with Gasteiger partial charge in [-0.3, -0.25) is 4.79 Å². The molecule has 0 bridgehead atoms. The van der Waals surface area contributed by atoms with Crippen molar-refractivity contribution in [3.8, 4) is 5.75 Å². The maximum Gasteiger partial charge on any atom is 0.262 e. The first-order valence-electron chi connectivity index (χ1n) is 8.08. The van der Waals surface area contributed by atoms with Crippen molar-refractivity contribution in [1.82, 2.24) is 0 Å². The number of carbonyl (C=O) groups is 1. The SMILES string of the molecule is Cc1cc(C)c(NC(=O)COc2ccc(Br)cc2C(C)C)c(C)c1. The number of hydrogen-bond acceptors (Lipinski definition) is 2. The molecule has 0 heterocycles. The molecule has 2 aromatic carbocycles. The number of aryl methyl sites for hydroxylation is 3. The van der Waals surface area contributed by atoms with Crippen molar-refractivity contribution in [1.29, 1.82) is 0 Å². The molecule has 0 spiro atoms. The minimum Gasteiger partial charge on any atom is -0.483 e. The number of nitrogens with one attached hydrogen (secondary N) is 1. The van der Waals surface area contributed by atoms with E-state index in [1.54, 1.807) is 0 Å². The highest BCUT2D eigenvalue weighted by Gasteiger charge is 2.12. The first-order valence-corrected chi connectivity index (χ1v) is 8.87. The number of rotatable bonds is 5. The van der Waals surface area contributed by atoms with Crippen LogP contribution in [-0.4, -0.2) is 12.5 Å². The van der Waals surface area contributed by atoms with Crippen molar-refractivity contribution >= 4 is 27.5 Å². The molecule has 0 unspecified atom stereocenters. The van der Waals surface area contributed by atoms with E-state index in [1.165, 1.54) is 5.56 Å². The van der Waals surface area contributed by atoms with E-state index in [1.807, 2.05) is 32.0 Å². The van der Waals surface area contributed by atoms with Crippen molar-refractivity contribution in [3.63, 3.8) is 0 Å². The van der Waals surface area contributed by atoms with Gasteiger partial charge >= 0.3 is 0 Å². The lowest BCUT2D eigenvalue weighted by Gasteiger charge is -2.16. The number of ether oxygens (including phenoxy) is 1. The minimum atomic E-state index is -0.150. The molecule has 0 saturated heterocycles. The van der Waals surface area contributed by atoms with Crippen molar-refractivity contribution in [2.45, 2.75) is 40.5 Å². The number of halogens is 1. The second kappa shape index (κ2) is 7.84. The fraction of sp³-hybridized carbons (Fsp3) is 0.350. The van der Waals surface area contributed by atoms with Crippen LogP contribution in [0.4, 0.5) is 5.69 Å². The summed E-state index contributed by atoms with van der Waals surface area (Å²) in [5.41, 5.74) is 5.27. The fourth-order valence-corrected chi connectivity index (χ4v) is 3.18. The summed E-state index contributed by atoms with van der Waals surface area (Å²) < 4.78 is 6.77. The first-order chi connectivity index (χ1) is 11.3. The van der Waals surface area contributed by atoms with Gasteiger partial charge in [0.1, 0.15) is 5.75 Å². The summed E-state index contributed by atoms with van der Waals surface area (Å²) in [4.78, 5) is 12.3. The van der Waals surface area contributed by atoms with Gasteiger partial charge in [0.2, 0.25) is 0 Å². The average Bonchev–Trinajstić information content (AvgIpc) is 2.49. The Labute approximate surface area is 152 Å². The maximum atomic E-state index is 12.3. The molecule has 0 aliphatic rings. The van der Waals surface area contributed by atoms with Crippen LogP contribution in [-0.2, 0) is 4.79 Å². The van der Waals surface area contributed by atoms with Crippen molar-refractivity contribution < 1.29 is 9.53 Å². The molecule has 0 aliphatic heterocycles. The molecule has 1 N–H and O–H groups in total. The van der Waals surface area contributed by atoms with Crippen LogP contribution in [0.25, 0.3) is 0 Å². The zero-order valence-corrected chi connectivity index (χ0v) is 16.5. The maximum absolute atomic E-state index is 12.3. The topological polar surface area (TPSA) is 38.3 Å². The van der Waals surface area contributed by atoms with E-state index in [0.29, 0.717) is 5.92 Å². The number of anilines is 1. The summed E-state index contributed by atoms with van der Waals surface area (Å²) in [7, 11) is 0. The Balaban J connectivity index is 2.07. The van der Waals surface area contributed by atoms with Crippen LogP contribution in [0, 0.1) is 20.8 Å². The van der Waals surface area contributed by atoms with Gasteiger partial charge in [-0.25, -0.2) is 0 Å². The van der Waals surface area contributed by atoms with E-state index in [0.717, 1.165) is 32.6 Å². The third-order valence-electron chi connectivity index (χ3n) is 3.89. The Bertz CT molecular complexity index is 730. The molecule has 4 heteroatoms. The van der Waals surface area contributed by atoms with E-state index < -0.39 is 0 Å². The van der Waals surface area contributed by atoms with E-state index in [2.05, 4.69) is 54.2 Å². The van der Waals surface area contributed by atoms with E-state index in [-0.39, 0.29) is 12.5 Å². The highest BCUT2D eigenvalue weighted by Crippen LogP contribution is 2.29. The highest BCUT2D eigenvalue weighted by atomic mass is 79.9. The fourth-order valence-electron chi connectivity index (χ4n) is 2.80. The lowest BCUT2D eigenvalue weighted by atomic mass is 10.0. The van der Waals surface area contributed by atoms with E-state index >= 15 is 0 Å². The number of hydrogen-bond donors (Lipinski definition) is 1. The van der Waals surface area contributed by atoms with E-state index in [9.17, 15) is 4.79 Å². The van der Waals surface area contributed by atoms with E-state index in [4.69, 9.17) is 4.74 Å². The Hall–Kier alpha value is -1.81. The van der Waals surface area contributed by atoms with Gasteiger partial charge in [-0.1, -0.05) is 47.5 Å². The monoisotopic (exact) mass is 389 g/mol. The van der Waals surface area contributed by atoms with Gasteiger partial charge < -0.3 is 10.1 Å². The molecule has 3 nitrogen and oxygen atoms in total. The Morgan fingerprint density at radius 2 is 1.75 bits per heavy atom. The lowest BCUT2D eigenvalue weighted by Crippen LogP contribution is -2.21. The largest absolute Gasteiger partial charge is 0.483 e. The van der Waals surface area contributed by atoms with Gasteiger partial charge in [0.15, 0.2) is 6.61 Å². The van der Waals surface area contributed by atoms with Gasteiger partial charge in [0.25, 0.3) is 5.91 Å². The third kappa shape index (κ3) is 4.60. The predicted octanol–water partition coefficient (Wildman–Crippen LogP) is 5.52. The van der Waals surface area contributed by atoms with Crippen LogP contribution in [0.3, 0.4) is 0 Å². The van der Waals surface area contributed by atoms with Crippen molar-refractivity contribution in [2.75, 3.05) is 11.9 Å². The molecule has 1 amide bonds. The molecule has 2 aromatic rings. The van der Waals surface area contributed by atoms with Crippen LogP contribution in [0.2, 0.25) is 0 Å². The molecule has 2 rings (SSSR count). The molecule has 128 valence electrons. The van der Waals surface area contributed by atoms with Crippen LogP contribution >= 0.6 is 15.9 Å². The second-order valence-corrected chi connectivity index (χ2v) is 7.36. The average molecular weight is 390 g/mol. The zero-order valence-electron chi connectivity index (χ0n) is 14.9. The molecule has 0 fully saturated rings. The molecule has 0 saturated carbocycles. The molecule has 0 atom stereocenters. The highest BCUT2D eigenvalue weighted by molar-refractivity contribution is 9.10. The van der Waals surface area contributed by atoms with Crippen LogP contribution in [0.1, 0.15) is 42.0 Å². The molecule has 0 radical (unpaired) electrons. The summed E-state index contributed by atoms with van der Waals surface area (Å²) in [6, 6.07) is 9.98. The quantitative estimate of drug-likeness (QED) is 0.731. The summed E-state index contributed by atoms with van der Waals surface area (Å²) in [6.45, 7) is 10.3. The normalized spacial score (nSPS) is 10.8.